The summed E-state index contributed by atoms with van der Waals surface area (Å²) in [5.74, 6) is -2.17. The first-order chi connectivity index (χ1) is 9.31. The molecule has 0 aliphatic heterocycles. The number of hydrogen-bond acceptors (Lipinski definition) is 2. The molecule has 1 aromatic rings. The normalized spacial score (nSPS) is 20.6. The largest absolute Gasteiger partial charge is 0.478 e. The highest BCUT2D eigenvalue weighted by Crippen LogP contribution is 2.43. The van der Waals surface area contributed by atoms with Crippen molar-refractivity contribution >= 4 is 17.6 Å². The van der Waals surface area contributed by atoms with Gasteiger partial charge < -0.3 is 10.4 Å². The molecule has 0 heterocycles. The predicted molar refractivity (Wildman–Crippen MR) is 73.1 cm³/mol. The lowest BCUT2D eigenvalue weighted by molar-refractivity contribution is -0.122. The highest BCUT2D eigenvalue weighted by atomic mass is 19.1. The summed E-state index contributed by atoms with van der Waals surface area (Å²) in [6.45, 7) is 4.04. The number of aromatic carboxylic acids is 1. The van der Waals surface area contributed by atoms with Crippen LogP contribution in [0.25, 0.3) is 0 Å². The topological polar surface area (TPSA) is 66.4 Å². The second-order valence-electron chi connectivity index (χ2n) is 5.92. The van der Waals surface area contributed by atoms with Crippen LogP contribution in [0.3, 0.4) is 0 Å². The van der Waals surface area contributed by atoms with Crippen LogP contribution in [0.15, 0.2) is 18.2 Å². The molecule has 108 valence electrons. The van der Waals surface area contributed by atoms with Crippen LogP contribution in [0.5, 0.6) is 0 Å². The molecule has 0 spiro atoms. The Morgan fingerprint density at radius 2 is 2.10 bits per heavy atom. The minimum absolute atomic E-state index is 0.0187. The van der Waals surface area contributed by atoms with Crippen LogP contribution in [-0.2, 0) is 4.79 Å². The van der Waals surface area contributed by atoms with Gasteiger partial charge in [0, 0.05) is 5.92 Å². The van der Waals surface area contributed by atoms with Gasteiger partial charge in [0.05, 0.1) is 11.3 Å². The number of hydrogen-bond donors (Lipinski definition) is 2. The molecule has 0 bridgehead atoms. The van der Waals surface area contributed by atoms with Crippen LogP contribution in [-0.4, -0.2) is 17.0 Å². The van der Waals surface area contributed by atoms with Crippen LogP contribution >= 0.6 is 0 Å². The van der Waals surface area contributed by atoms with Crippen molar-refractivity contribution in [2.24, 2.45) is 11.3 Å². The molecule has 1 saturated carbocycles. The number of rotatable bonds is 3. The molecule has 0 radical (unpaired) electrons. The van der Waals surface area contributed by atoms with Crippen molar-refractivity contribution < 1.29 is 19.1 Å². The maximum Gasteiger partial charge on any atom is 0.337 e. The molecule has 1 unspecified atom stereocenters. The van der Waals surface area contributed by atoms with E-state index in [0.29, 0.717) is 0 Å². The molecule has 1 fully saturated rings. The van der Waals surface area contributed by atoms with Gasteiger partial charge in [-0.05, 0) is 36.5 Å². The molecular weight excluding hydrogens is 261 g/mol. The van der Waals surface area contributed by atoms with Crippen molar-refractivity contribution in [3.05, 3.63) is 29.6 Å². The summed E-state index contributed by atoms with van der Waals surface area (Å²) in [7, 11) is 0. The van der Waals surface area contributed by atoms with Gasteiger partial charge in [0.2, 0.25) is 5.91 Å². The van der Waals surface area contributed by atoms with Gasteiger partial charge in [-0.2, -0.15) is 0 Å². The van der Waals surface area contributed by atoms with E-state index in [-0.39, 0.29) is 28.5 Å². The molecule has 4 nitrogen and oxygen atoms in total. The van der Waals surface area contributed by atoms with Gasteiger partial charge in [-0.15, -0.1) is 0 Å². The lowest BCUT2D eigenvalue weighted by Crippen LogP contribution is -2.31. The molecule has 5 heteroatoms. The van der Waals surface area contributed by atoms with Gasteiger partial charge in [-0.3, -0.25) is 4.79 Å². The molecule has 0 aromatic heterocycles. The zero-order valence-corrected chi connectivity index (χ0v) is 11.6. The summed E-state index contributed by atoms with van der Waals surface area (Å²) in [6, 6.07) is 3.27. The standard InChI is InChI=1S/C15H18FNO3/c1-15(2)7-3-4-11(15)13(18)17-12-8-9(16)5-6-10(12)14(19)20/h5-6,8,11H,3-4,7H2,1-2H3,(H,17,18)(H,19,20). The Labute approximate surface area is 117 Å². The summed E-state index contributed by atoms with van der Waals surface area (Å²) in [5.41, 5.74) is -0.193. The van der Waals surface area contributed by atoms with Crippen molar-refractivity contribution in [1.29, 1.82) is 0 Å². The zero-order valence-electron chi connectivity index (χ0n) is 11.6. The number of nitrogens with one attached hydrogen (secondary N) is 1. The summed E-state index contributed by atoms with van der Waals surface area (Å²) in [6.07, 6.45) is 2.70. The molecule has 1 atom stereocenters. The summed E-state index contributed by atoms with van der Waals surface area (Å²) >= 11 is 0. The predicted octanol–water partition coefficient (Wildman–Crippen LogP) is 3.29. The number of carboxylic acids is 1. The second-order valence-corrected chi connectivity index (χ2v) is 5.92. The van der Waals surface area contributed by atoms with Crippen LogP contribution in [0.4, 0.5) is 10.1 Å². The van der Waals surface area contributed by atoms with E-state index in [0.717, 1.165) is 37.5 Å². The Morgan fingerprint density at radius 3 is 2.65 bits per heavy atom. The van der Waals surface area contributed by atoms with E-state index in [1.807, 2.05) is 13.8 Å². The fourth-order valence-corrected chi connectivity index (χ4v) is 2.84. The Kier molecular flexibility index (Phi) is 3.79. The van der Waals surface area contributed by atoms with Gasteiger partial charge in [-0.25, -0.2) is 9.18 Å². The summed E-state index contributed by atoms with van der Waals surface area (Å²) in [5, 5.41) is 11.6. The monoisotopic (exact) mass is 279 g/mol. The number of anilines is 1. The highest BCUT2D eigenvalue weighted by molar-refractivity contribution is 6.01. The van der Waals surface area contributed by atoms with Gasteiger partial charge in [-0.1, -0.05) is 20.3 Å². The number of amides is 1. The smallest absolute Gasteiger partial charge is 0.337 e. The minimum Gasteiger partial charge on any atom is -0.478 e. The number of carbonyl (C=O) groups excluding carboxylic acids is 1. The lowest BCUT2D eigenvalue weighted by atomic mass is 9.81. The van der Waals surface area contributed by atoms with E-state index < -0.39 is 11.8 Å². The third-order valence-corrected chi connectivity index (χ3v) is 4.04. The molecule has 1 aliphatic carbocycles. The Morgan fingerprint density at radius 1 is 1.40 bits per heavy atom. The van der Waals surface area contributed by atoms with E-state index in [4.69, 9.17) is 5.11 Å². The molecule has 2 rings (SSSR count). The van der Waals surface area contributed by atoms with E-state index in [2.05, 4.69) is 5.32 Å². The first-order valence-corrected chi connectivity index (χ1v) is 6.65. The van der Waals surface area contributed by atoms with Crippen LogP contribution in [0.1, 0.15) is 43.5 Å². The van der Waals surface area contributed by atoms with Gasteiger partial charge in [0.1, 0.15) is 5.82 Å². The van der Waals surface area contributed by atoms with Crippen molar-refractivity contribution in [1.82, 2.24) is 0 Å². The number of carboxylic acid groups (broad SMARTS) is 1. The third kappa shape index (κ3) is 2.81. The Bertz CT molecular complexity index is 554. The average molecular weight is 279 g/mol. The van der Waals surface area contributed by atoms with Gasteiger partial charge >= 0.3 is 5.97 Å². The van der Waals surface area contributed by atoms with Gasteiger partial charge in [0.15, 0.2) is 0 Å². The molecular formula is C15H18FNO3. The third-order valence-electron chi connectivity index (χ3n) is 4.04. The van der Waals surface area contributed by atoms with E-state index in [1.54, 1.807) is 0 Å². The molecule has 0 saturated heterocycles. The average Bonchev–Trinajstić information content (AvgIpc) is 2.68. The maximum absolute atomic E-state index is 13.2. The lowest BCUT2D eigenvalue weighted by Gasteiger charge is -2.26. The minimum atomic E-state index is -1.19. The van der Waals surface area contributed by atoms with E-state index >= 15 is 0 Å². The Hall–Kier alpha value is -1.91. The van der Waals surface area contributed by atoms with Crippen LogP contribution < -0.4 is 5.32 Å². The molecule has 20 heavy (non-hydrogen) atoms. The van der Waals surface area contributed by atoms with Crippen molar-refractivity contribution in [2.75, 3.05) is 5.32 Å². The Balaban J connectivity index is 2.24. The van der Waals surface area contributed by atoms with E-state index in [1.165, 1.54) is 0 Å². The fraction of sp³-hybridized carbons (Fsp3) is 0.467. The molecule has 2 N–H and O–H groups in total. The summed E-state index contributed by atoms with van der Waals surface area (Å²) < 4.78 is 13.2. The molecule has 1 amide bonds. The number of carbonyl (C=O) groups is 2. The van der Waals surface area contributed by atoms with Crippen LogP contribution in [0, 0.1) is 17.2 Å². The first-order valence-electron chi connectivity index (χ1n) is 6.65. The van der Waals surface area contributed by atoms with Crippen LogP contribution in [0.2, 0.25) is 0 Å². The highest BCUT2D eigenvalue weighted by Gasteiger charge is 2.39. The second kappa shape index (κ2) is 5.23. The van der Waals surface area contributed by atoms with Gasteiger partial charge in [0.25, 0.3) is 0 Å². The zero-order chi connectivity index (χ0) is 14.9. The summed E-state index contributed by atoms with van der Waals surface area (Å²) in [4.78, 5) is 23.4. The maximum atomic E-state index is 13.2. The van der Waals surface area contributed by atoms with Crippen molar-refractivity contribution in [3.63, 3.8) is 0 Å². The molecule has 1 aliphatic rings. The van der Waals surface area contributed by atoms with Crippen molar-refractivity contribution in [2.45, 2.75) is 33.1 Å². The van der Waals surface area contributed by atoms with Crippen molar-refractivity contribution in [3.8, 4) is 0 Å². The van der Waals surface area contributed by atoms with E-state index in [9.17, 15) is 14.0 Å². The first kappa shape index (κ1) is 14.5. The quantitative estimate of drug-likeness (QED) is 0.892. The molecule has 1 aromatic carbocycles. The number of benzene rings is 1. The SMILES string of the molecule is CC1(C)CCCC1C(=O)Nc1cc(F)ccc1C(=O)O. The number of halogens is 1. The fourth-order valence-electron chi connectivity index (χ4n) is 2.84.